The smallest absolute Gasteiger partial charge is 0.287 e. The molecule has 21 heavy (non-hydrogen) atoms. The summed E-state index contributed by atoms with van der Waals surface area (Å²) in [6, 6.07) is 4.85. The maximum atomic E-state index is 10.9. The lowest BCUT2D eigenvalue weighted by Gasteiger charge is -2.31. The number of halogens is 1. The zero-order chi connectivity index (χ0) is 15.9. The molecule has 0 heterocycles. The van der Waals surface area contributed by atoms with Gasteiger partial charge in [0.05, 0.1) is 11.5 Å². The zero-order valence-corrected chi connectivity index (χ0v) is 15.0. The van der Waals surface area contributed by atoms with Gasteiger partial charge in [0.1, 0.15) is 10.2 Å². The highest BCUT2D eigenvalue weighted by Crippen LogP contribution is 2.37. The Balaban J connectivity index is 2.90. The van der Waals surface area contributed by atoms with E-state index in [0.29, 0.717) is 16.8 Å². The first kappa shape index (κ1) is 18.3. The van der Waals surface area contributed by atoms with E-state index in [-0.39, 0.29) is 11.1 Å². The first-order valence-electron chi connectivity index (χ1n) is 7.16. The number of hydrogen-bond acceptors (Lipinski definition) is 4. The lowest BCUT2D eigenvalue weighted by Crippen LogP contribution is -2.30. The largest absolute Gasteiger partial charge is 0.492 e. The van der Waals surface area contributed by atoms with Gasteiger partial charge in [-0.05, 0) is 40.6 Å². The summed E-state index contributed by atoms with van der Waals surface area (Å²) in [6.07, 6.45) is 4.22. The van der Waals surface area contributed by atoms with Crippen molar-refractivity contribution < 1.29 is 9.66 Å². The van der Waals surface area contributed by atoms with Crippen molar-refractivity contribution in [3.05, 3.63) is 32.8 Å². The van der Waals surface area contributed by atoms with E-state index in [4.69, 9.17) is 4.74 Å². The summed E-state index contributed by atoms with van der Waals surface area (Å²) in [5, 5.41) is 10.9. The Bertz CT molecular complexity index is 476. The van der Waals surface area contributed by atoms with E-state index in [1.165, 1.54) is 6.07 Å². The number of nitrogens with zero attached hydrogens (tertiary/aromatic N) is 1. The number of nitro groups is 1. The van der Waals surface area contributed by atoms with Crippen LogP contribution < -0.4 is 4.74 Å². The summed E-state index contributed by atoms with van der Waals surface area (Å²) >= 11 is 7.76. The molecule has 4 nitrogen and oxygen atoms in total. The number of thiol groups is 1. The molecule has 0 amide bonds. The van der Waals surface area contributed by atoms with Crippen LogP contribution in [0.15, 0.2) is 22.7 Å². The molecular weight excluding hydrogens is 354 g/mol. The van der Waals surface area contributed by atoms with Crippen LogP contribution in [0.4, 0.5) is 5.69 Å². The van der Waals surface area contributed by atoms with Crippen molar-refractivity contribution in [3.63, 3.8) is 0 Å². The predicted molar refractivity (Wildman–Crippen MR) is 92.4 cm³/mol. The van der Waals surface area contributed by atoms with Crippen LogP contribution in [0.1, 0.15) is 39.5 Å². The summed E-state index contributed by atoms with van der Waals surface area (Å²) in [6.45, 7) is 4.83. The molecule has 0 saturated carbocycles. The second-order valence-electron chi connectivity index (χ2n) is 5.29. The summed E-state index contributed by atoms with van der Waals surface area (Å²) in [5.74, 6) is 1.27. The van der Waals surface area contributed by atoms with E-state index in [2.05, 4.69) is 42.4 Å². The molecule has 0 radical (unpaired) electrons. The van der Waals surface area contributed by atoms with Gasteiger partial charge in [-0.15, -0.1) is 0 Å². The Morgan fingerprint density at radius 3 is 2.43 bits per heavy atom. The molecule has 0 fully saturated rings. The van der Waals surface area contributed by atoms with Crippen molar-refractivity contribution in [3.8, 4) is 5.75 Å². The Hall–Kier alpha value is -0.750. The molecule has 1 rings (SSSR count). The molecule has 0 atom stereocenters. The fraction of sp³-hybridized carbons (Fsp3) is 0.600. The van der Waals surface area contributed by atoms with Gasteiger partial charge < -0.3 is 4.74 Å². The van der Waals surface area contributed by atoms with Crippen molar-refractivity contribution in [2.75, 3.05) is 12.4 Å². The number of hydrogen-bond donors (Lipinski definition) is 1. The maximum Gasteiger partial charge on any atom is 0.287 e. The van der Waals surface area contributed by atoms with Crippen molar-refractivity contribution in [1.29, 1.82) is 0 Å². The van der Waals surface area contributed by atoms with Crippen molar-refractivity contribution in [2.45, 2.75) is 39.5 Å². The minimum absolute atomic E-state index is 0.0231. The van der Waals surface area contributed by atoms with Gasteiger partial charge in [-0.2, -0.15) is 12.6 Å². The van der Waals surface area contributed by atoms with E-state index in [1.54, 1.807) is 12.1 Å². The molecule has 0 aromatic heterocycles. The molecule has 0 N–H and O–H groups in total. The molecule has 0 spiro atoms. The topological polar surface area (TPSA) is 52.4 Å². The van der Waals surface area contributed by atoms with E-state index >= 15 is 0 Å². The third kappa shape index (κ3) is 4.88. The van der Waals surface area contributed by atoms with Crippen LogP contribution in [0.5, 0.6) is 5.75 Å². The van der Waals surface area contributed by atoms with Crippen LogP contribution in [0, 0.1) is 15.5 Å². The number of benzene rings is 1. The van der Waals surface area contributed by atoms with Crippen LogP contribution in [0.2, 0.25) is 0 Å². The minimum Gasteiger partial charge on any atom is -0.492 e. The average molecular weight is 376 g/mol. The number of ether oxygens (including phenoxy) is 1. The predicted octanol–water partition coefficient (Wildman–Crippen LogP) is 5.25. The van der Waals surface area contributed by atoms with Crippen molar-refractivity contribution >= 4 is 34.2 Å². The van der Waals surface area contributed by atoms with Crippen LogP contribution in [-0.4, -0.2) is 17.3 Å². The molecule has 0 aliphatic carbocycles. The monoisotopic (exact) mass is 375 g/mol. The van der Waals surface area contributed by atoms with Gasteiger partial charge in [0, 0.05) is 11.5 Å². The van der Waals surface area contributed by atoms with E-state index in [9.17, 15) is 10.1 Å². The van der Waals surface area contributed by atoms with Crippen LogP contribution >= 0.6 is 28.6 Å². The van der Waals surface area contributed by atoms with Gasteiger partial charge in [0.25, 0.3) is 5.69 Å². The molecule has 0 aliphatic rings. The van der Waals surface area contributed by atoms with E-state index in [0.717, 1.165) is 31.4 Å². The number of nitro benzene ring substituents is 1. The summed E-state index contributed by atoms with van der Waals surface area (Å²) in [4.78, 5) is 10.5. The second-order valence-corrected chi connectivity index (χ2v) is 6.40. The second kappa shape index (κ2) is 8.63. The SMILES string of the molecule is CCCC(CS)(CCC)COc1cccc([N+](=O)[O-])c1Br. The highest BCUT2D eigenvalue weighted by molar-refractivity contribution is 9.10. The summed E-state index contributed by atoms with van der Waals surface area (Å²) < 4.78 is 6.29. The molecule has 1 aromatic rings. The van der Waals surface area contributed by atoms with Crippen molar-refractivity contribution in [1.82, 2.24) is 0 Å². The lowest BCUT2D eigenvalue weighted by molar-refractivity contribution is -0.385. The highest BCUT2D eigenvalue weighted by Gasteiger charge is 2.28. The van der Waals surface area contributed by atoms with Crippen molar-refractivity contribution in [2.24, 2.45) is 5.41 Å². The molecule has 118 valence electrons. The van der Waals surface area contributed by atoms with Crippen LogP contribution in [0.25, 0.3) is 0 Å². The highest BCUT2D eigenvalue weighted by atomic mass is 79.9. The Morgan fingerprint density at radius 1 is 1.33 bits per heavy atom. The standard InChI is InChI=1S/C15H22BrNO3S/c1-3-8-15(11-21,9-4-2)10-20-13-7-5-6-12(14(13)16)17(18)19/h5-7,21H,3-4,8-11H2,1-2H3. The molecule has 0 aliphatic heterocycles. The molecule has 6 heteroatoms. The fourth-order valence-electron chi connectivity index (χ4n) is 2.52. The first-order chi connectivity index (χ1) is 9.99. The summed E-state index contributed by atoms with van der Waals surface area (Å²) in [5.41, 5.74) is 0.0476. The van der Waals surface area contributed by atoms with E-state index < -0.39 is 4.92 Å². The molecule has 0 saturated heterocycles. The third-order valence-corrected chi connectivity index (χ3v) is 5.04. The van der Waals surface area contributed by atoms with Gasteiger partial charge in [-0.3, -0.25) is 10.1 Å². The Morgan fingerprint density at radius 2 is 1.95 bits per heavy atom. The normalized spacial score (nSPS) is 11.4. The Labute approximate surface area is 140 Å². The van der Waals surface area contributed by atoms with Crippen LogP contribution in [0.3, 0.4) is 0 Å². The third-order valence-electron chi connectivity index (χ3n) is 3.57. The minimum atomic E-state index is -0.416. The summed E-state index contributed by atoms with van der Waals surface area (Å²) in [7, 11) is 0. The molecule has 0 unspecified atom stereocenters. The van der Waals surface area contributed by atoms with Gasteiger partial charge in [-0.25, -0.2) is 0 Å². The van der Waals surface area contributed by atoms with Gasteiger partial charge in [0.2, 0.25) is 0 Å². The van der Waals surface area contributed by atoms with Gasteiger partial charge >= 0.3 is 0 Å². The van der Waals surface area contributed by atoms with Gasteiger partial charge in [-0.1, -0.05) is 32.8 Å². The fourth-order valence-corrected chi connectivity index (χ4v) is 3.45. The lowest BCUT2D eigenvalue weighted by atomic mass is 9.82. The Kier molecular flexibility index (Phi) is 7.52. The van der Waals surface area contributed by atoms with Gasteiger partial charge in [0.15, 0.2) is 0 Å². The first-order valence-corrected chi connectivity index (χ1v) is 8.58. The molecule has 1 aromatic carbocycles. The molecular formula is C15H22BrNO3S. The molecule has 0 bridgehead atoms. The quantitative estimate of drug-likeness (QED) is 0.364. The zero-order valence-electron chi connectivity index (χ0n) is 12.5. The van der Waals surface area contributed by atoms with Crippen LogP contribution in [-0.2, 0) is 0 Å². The number of rotatable bonds is 9. The maximum absolute atomic E-state index is 10.9. The average Bonchev–Trinajstić information content (AvgIpc) is 2.46. The van der Waals surface area contributed by atoms with E-state index in [1.807, 2.05) is 0 Å².